The number of ether oxygens (including phenoxy) is 1. The van der Waals surface area contributed by atoms with Crippen LogP contribution in [-0.2, 0) is 14.3 Å². The van der Waals surface area contributed by atoms with E-state index in [1.807, 2.05) is 0 Å². The van der Waals surface area contributed by atoms with E-state index >= 15 is 0 Å². The first kappa shape index (κ1) is 23.5. The molecule has 5 rings (SSSR count). The van der Waals surface area contributed by atoms with Crippen LogP contribution >= 0.6 is 0 Å². The van der Waals surface area contributed by atoms with Crippen LogP contribution in [0.2, 0.25) is 0 Å². The SMILES string of the molecule is CC(=O)c1ccc(NC(=O)COC2CC[C@H]3[C@@H]4CCC5NC(=O)CC[C@]5(C)[C@@H]4CC[C@]23C)cc1. The van der Waals surface area contributed by atoms with E-state index in [0.717, 1.165) is 25.7 Å². The molecule has 0 spiro atoms. The van der Waals surface area contributed by atoms with Crippen molar-refractivity contribution in [3.8, 4) is 0 Å². The van der Waals surface area contributed by atoms with Gasteiger partial charge in [-0.05, 0) is 105 Å². The Morgan fingerprint density at radius 2 is 1.74 bits per heavy atom. The molecule has 1 heterocycles. The highest BCUT2D eigenvalue weighted by atomic mass is 16.5. The molecule has 2 amide bonds. The molecule has 34 heavy (non-hydrogen) atoms. The van der Waals surface area contributed by atoms with Gasteiger partial charge in [-0.25, -0.2) is 0 Å². The minimum absolute atomic E-state index is 0.00989. The van der Waals surface area contributed by atoms with E-state index in [2.05, 4.69) is 24.5 Å². The lowest BCUT2D eigenvalue weighted by Crippen LogP contribution is -2.61. The summed E-state index contributed by atoms with van der Waals surface area (Å²) in [6, 6.07) is 7.31. The van der Waals surface area contributed by atoms with E-state index < -0.39 is 0 Å². The molecular weight excluding hydrogens is 428 g/mol. The fourth-order valence-electron chi connectivity index (χ4n) is 8.09. The van der Waals surface area contributed by atoms with Crippen LogP contribution in [0.25, 0.3) is 0 Å². The van der Waals surface area contributed by atoms with Gasteiger partial charge in [-0.2, -0.15) is 0 Å². The number of hydrogen-bond donors (Lipinski definition) is 2. The van der Waals surface area contributed by atoms with Crippen LogP contribution in [0.5, 0.6) is 0 Å². The highest BCUT2D eigenvalue weighted by Crippen LogP contribution is 2.64. The summed E-state index contributed by atoms with van der Waals surface area (Å²) in [7, 11) is 0. The molecule has 3 aliphatic carbocycles. The zero-order chi connectivity index (χ0) is 24.1. The van der Waals surface area contributed by atoms with E-state index in [9.17, 15) is 14.4 Å². The van der Waals surface area contributed by atoms with Crippen molar-refractivity contribution < 1.29 is 19.1 Å². The molecule has 4 fully saturated rings. The predicted molar refractivity (Wildman–Crippen MR) is 130 cm³/mol. The second-order valence-electron chi connectivity index (χ2n) is 11.7. The van der Waals surface area contributed by atoms with Gasteiger partial charge in [-0.1, -0.05) is 13.8 Å². The summed E-state index contributed by atoms with van der Waals surface area (Å²) < 4.78 is 6.27. The summed E-state index contributed by atoms with van der Waals surface area (Å²) in [5.41, 5.74) is 1.65. The maximum Gasteiger partial charge on any atom is 0.250 e. The first-order valence-electron chi connectivity index (χ1n) is 13.0. The van der Waals surface area contributed by atoms with Gasteiger partial charge in [-0.15, -0.1) is 0 Å². The quantitative estimate of drug-likeness (QED) is 0.614. The first-order valence-corrected chi connectivity index (χ1v) is 13.0. The Labute approximate surface area is 202 Å². The molecule has 1 aliphatic heterocycles. The van der Waals surface area contributed by atoms with E-state index in [0.29, 0.717) is 41.5 Å². The Hall–Kier alpha value is -2.21. The molecule has 2 N–H and O–H groups in total. The molecular formula is C28H38N2O4. The van der Waals surface area contributed by atoms with E-state index in [4.69, 9.17) is 4.74 Å². The van der Waals surface area contributed by atoms with Crippen LogP contribution in [0.1, 0.15) is 82.5 Å². The van der Waals surface area contributed by atoms with Gasteiger partial charge in [0.2, 0.25) is 11.8 Å². The van der Waals surface area contributed by atoms with Gasteiger partial charge >= 0.3 is 0 Å². The number of nitrogens with one attached hydrogen (secondary N) is 2. The minimum atomic E-state index is -0.151. The number of hydrogen-bond acceptors (Lipinski definition) is 4. The molecule has 7 atom stereocenters. The third-order valence-corrected chi connectivity index (χ3v) is 10.00. The number of Topliss-reactive ketones (excluding diaryl/α,β-unsaturated/α-hetero) is 1. The summed E-state index contributed by atoms with van der Waals surface area (Å²) >= 11 is 0. The number of anilines is 1. The number of ketones is 1. The topological polar surface area (TPSA) is 84.5 Å². The maximum atomic E-state index is 12.6. The fraction of sp³-hybridized carbons (Fsp3) is 0.679. The first-order chi connectivity index (χ1) is 16.2. The van der Waals surface area contributed by atoms with Gasteiger partial charge in [0, 0.05) is 23.7 Å². The van der Waals surface area contributed by atoms with Crippen molar-refractivity contribution >= 4 is 23.3 Å². The maximum absolute atomic E-state index is 12.6. The molecule has 0 radical (unpaired) electrons. The summed E-state index contributed by atoms with van der Waals surface area (Å²) in [6.07, 6.45) is 8.58. The Morgan fingerprint density at radius 1 is 1.00 bits per heavy atom. The largest absolute Gasteiger partial charge is 0.368 e. The van der Waals surface area contributed by atoms with Crippen molar-refractivity contribution in [1.29, 1.82) is 0 Å². The Morgan fingerprint density at radius 3 is 2.47 bits per heavy atom. The summed E-state index contributed by atoms with van der Waals surface area (Å²) in [4.78, 5) is 36.0. The van der Waals surface area contributed by atoms with Crippen molar-refractivity contribution in [3.63, 3.8) is 0 Å². The molecule has 184 valence electrons. The summed E-state index contributed by atoms with van der Waals surface area (Å²) in [5.74, 6) is 2.08. The van der Waals surface area contributed by atoms with Gasteiger partial charge in [0.05, 0.1) is 6.10 Å². The van der Waals surface area contributed by atoms with Crippen LogP contribution in [0.4, 0.5) is 5.69 Å². The third-order valence-electron chi connectivity index (χ3n) is 10.00. The summed E-state index contributed by atoms with van der Waals surface area (Å²) in [6.45, 7) is 6.40. The highest BCUT2D eigenvalue weighted by Gasteiger charge is 2.60. The second kappa shape index (κ2) is 8.78. The molecule has 2 unspecified atom stereocenters. The lowest BCUT2D eigenvalue weighted by molar-refractivity contribution is -0.143. The van der Waals surface area contributed by atoms with Crippen molar-refractivity contribution in [3.05, 3.63) is 29.8 Å². The predicted octanol–water partition coefficient (Wildman–Crippen LogP) is 4.73. The van der Waals surface area contributed by atoms with Gasteiger partial charge in [-0.3, -0.25) is 14.4 Å². The van der Waals surface area contributed by atoms with Gasteiger partial charge < -0.3 is 15.4 Å². The zero-order valence-corrected chi connectivity index (χ0v) is 20.7. The van der Waals surface area contributed by atoms with Crippen LogP contribution in [0, 0.1) is 28.6 Å². The molecule has 6 heteroatoms. The van der Waals surface area contributed by atoms with E-state index in [1.165, 1.54) is 26.2 Å². The minimum Gasteiger partial charge on any atom is -0.368 e. The van der Waals surface area contributed by atoms with Gasteiger partial charge in [0.15, 0.2) is 5.78 Å². The van der Waals surface area contributed by atoms with E-state index in [-0.39, 0.29) is 41.1 Å². The fourth-order valence-corrected chi connectivity index (χ4v) is 8.09. The third kappa shape index (κ3) is 3.98. The number of carbonyl (C=O) groups is 3. The van der Waals surface area contributed by atoms with Crippen molar-refractivity contribution in [2.24, 2.45) is 28.6 Å². The normalized spacial score (nSPS) is 38.8. The van der Waals surface area contributed by atoms with Crippen LogP contribution in [0.15, 0.2) is 24.3 Å². The van der Waals surface area contributed by atoms with Gasteiger partial charge in [0.1, 0.15) is 6.61 Å². The Balaban J connectivity index is 1.20. The standard InChI is InChI=1S/C28H38N2O4/c1-17(31)18-4-6-19(7-5-18)29-26(33)16-34-24-11-9-21-20-8-10-23-27(2,15-13-25(32)30-23)22(20)12-14-28(21,24)3/h4-7,20-24H,8-16H2,1-3H3,(H,29,33)(H,30,32)/t20-,21-,22+,23?,24?,27+,28-/m0/s1. The molecule has 6 nitrogen and oxygen atoms in total. The lowest BCUT2D eigenvalue weighted by atomic mass is 9.47. The Kier molecular flexibility index (Phi) is 6.07. The molecule has 1 aromatic rings. The van der Waals surface area contributed by atoms with Crippen LogP contribution in [0.3, 0.4) is 0 Å². The molecule has 0 aromatic heterocycles. The van der Waals surface area contributed by atoms with Crippen LogP contribution in [-0.4, -0.2) is 36.4 Å². The second-order valence-corrected chi connectivity index (χ2v) is 11.7. The molecule has 1 saturated heterocycles. The number of carbonyl (C=O) groups excluding carboxylic acids is 3. The molecule has 3 saturated carbocycles. The van der Waals surface area contributed by atoms with Crippen molar-refractivity contribution in [2.75, 3.05) is 11.9 Å². The smallest absolute Gasteiger partial charge is 0.250 e. The van der Waals surface area contributed by atoms with Crippen LogP contribution < -0.4 is 10.6 Å². The number of amides is 2. The number of rotatable bonds is 5. The molecule has 1 aromatic carbocycles. The van der Waals surface area contributed by atoms with E-state index in [1.54, 1.807) is 24.3 Å². The summed E-state index contributed by atoms with van der Waals surface area (Å²) in [5, 5.41) is 6.20. The molecule has 4 aliphatic rings. The molecule has 0 bridgehead atoms. The monoisotopic (exact) mass is 466 g/mol. The average Bonchev–Trinajstić information content (AvgIpc) is 3.15. The number of fused-ring (bicyclic) bond motifs is 5. The van der Waals surface area contributed by atoms with Gasteiger partial charge in [0.25, 0.3) is 0 Å². The number of piperidine rings is 1. The average molecular weight is 467 g/mol. The van der Waals surface area contributed by atoms with Crippen molar-refractivity contribution in [2.45, 2.75) is 84.3 Å². The number of benzene rings is 1. The highest BCUT2D eigenvalue weighted by molar-refractivity contribution is 5.95. The van der Waals surface area contributed by atoms with Crippen molar-refractivity contribution in [1.82, 2.24) is 5.32 Å². The zero-order valence-electron chi connectivity index (χ0n) is 20.7. The Bertz CT molecular complexity index is 975. The lowest BCUT2D eigenvalue weighted by Gasteiger charge is -2.60.